The molecule has 0 spiro atoms. The minimum Gasteiger partial charge on any atom is -0.495 e. The van der Waals surface area contributed by atoms with Crippen molar-refractivity contribution >= 4 is 29.0 Å². The summed E-state index contributed by atoms with van der Waals surface area (Å²) in [7, 11) is 1.59. The highest BCUT2D eigenvalue weighted by atomic mass is 35.5. The maximum Gasteiger partial charge on any atom is 0.272 e. The number of halogens is 1. The highest BCUT2D eigenvalue weighted by Crippen LogP contribution is 2.30. The maximum atomic E-state index is 12.9. The average Bonchev–Trinajstić information content (AvgIpc) is 2.68. The fraction of sp³-hybridized carbons (Fsp3) is 0.421. The number of nitrogens with zero attached hydrogens (tertiary/aromatic N) is 3. The van der Waals surface area contributed by atoms with Crippen LogP contribution in [0.2, 0.25) is 5.02 Å². The zero-order valence-electron chi connectivity index (χ0n) is 15.0. The van der Waals surface area contributed by atoms with E-state index in [2.05, 4.69) is 22.2 Å². The Labute approximate surface area is 158 Å². The van der Waals surface area contributed by atoms with E-state index in [1.54, 1.807) is 31.4 Å². The molecular weight excluding hydrogens is 352 g/mol. The molecule has 26 heavy (non-hydrogen) atoms. The normalized spacial score (nSPS) is 17.0. The summed E-state index contributed by atoms with van der Waals surface area (Å²) in [6.07, 6.45) is 5.63. The lowest BCUT2D eigenvalue weighted by atomic mass is 9.99. The molecule has 0 aliphatic carbocycles. The van der Waals surface area contributed by atoms with E-state index in [9.17, 15) is 4.79 Å². The Kier molecular flexibility index (Phi) is 5.93. The molecule has 1 amide bonds. The fourth-order valence-corrected chi connectivity index (χ4v) is 3.47. The summed E-state index contributed by atoms with van der Waals surface area (Å²) in [6.45, 7) is 2.90. The molecule has 1 aromatic heterocycles. The summed E-state index contributed by atoms with van der Waals surface area (Å²) in [5.74, 6) is 1.12. The molecule has 1 aromatic carbocycles. The first-order valence-electron chi connectivity index (χ1n) is 8.86. The van der Waals surface area contributed by atoms with E-state index in [1.165, 1.54) is 12.7 Å². The lowest BCUT2D eigenvalue weighted by molar-refractivity contribution is 0.0602. The quantitative estimate of drug-likeness (QED) is 0.845. The molecule has 1 aliphatic rings. The third-order valence-corrected chi connectivity index (χ3v) is 4.90. The fourth-order valence-electron chi connectivity index (χ4n) is 3.30. The molecule has 1 atom stereocenters. The number of nitrogens with one attached hydrogen (secondary N) is 1. The third kappa shape index (κ3) is 4.07. The zero-order valence-corrected chi connectivity index (χ0v) is 15.8. The molecule has 0 radical (unpaired) electrons. The van der Waals surface area contributed by atoms with Crippen LogP contribution >= 0.6 is 11.6 Å². The lowest BCUT2D eigenvalue weighted by Crippen LogP contribution is -2.43. The van der Waals surface area contributed by atoms with Gasteiger partial charge >= 0.3 is 0 Å². The number of anilines is 2. The van der Waals surface area contributed by atoms with Crippen molar-refractivity contribution in [2.75, 3.05) is 19.0 Å². The van der Waals surface area contributed by atoms with E-state index in [0.29, 0.717) is 28.0 Å². The lowest BCUT2D eigenvalue weighted by Gasteiger charge is -2.35. The number of carbonyl (C=O) groups excluding carboxylic acids is 1. The Balaban J connectivity index is 1.82. The predicted octanol–water partition coefficient (Wildman–Crippen LogP) is 4.29. The first kappa shape index (κ1) is 18.5. The van der Waals surface area contributed by atoms with Crippen LogP contribution in [-0.4, -0.2) is 40.5 Å². The summed E-state index contributed by atoms with van der Waals surface area (Å²) in [4.78, 5) is 23.3. The Morgan fingerprint density at radius 1 is 1.35 bits per heavy atom. The van der Waals surface area contributed by atoms with Crippen molar-refractivity contribution in [2.45, 2.75) is 38.6 Å². The van der Waals surface area contributed by atoms with E-state index < -0.39 is 0 Å². The van der Waals surface area contributed by atoms with Gasteiger partial charge in [0.15, 0.2) is 0 Å². The minimum absolute atomic E-state index is 0.0416. The topological polar surface area (TPSA) is 67.4 Å². The van der Waals surface area contributed by atoms with Crippen LogP contribution in [0, 0.1) is 0 Å². The van der Waals surface area contributed by atoms with Crippen molar-refractivity contribution in [1.82, 2.24) is 14.9 Å². The van der Waals surface area contributed by atoms with Crippen molar-refractivity contribution in [3.8, 4) is 5.75 Å². The number of amides is 1. The largest absolute Gasteiger partial charge is 0.495 e. The second-order valence-electron chi connectivity index (χ2n) is 6.31. The molecule has 3 rings (SSSR count). The molecule has 0 saturated carbocycles. The van der Waals surface area contributed by atoms with Gasteiger partial charge < -0.3 is 15.0 Å². The van der Waals surface area contributed by atoms with Crippen molar-refractivity contribution in [3.05, 3.63) is 41.3 Å². The monoisotopic (exact) mass is 374 g/mol. The van der Waals surface area contributed by atoms with Crippen LogP contribution in [0.5, 0.6) is 5.75 Å². The molecule has 1 aliphatic heterocycles. The Morgan fingerprint density at radius 2 is 2.19 bits per heavy atom. The maximum absolute atomic E-state index is 12.9. The SMILES string of the molecule is CCC1CCCCN1C(=O)c1cc(Nc2cc(Cl)ccc2OC)ncn1. The molecule has 2 aromatic rings. The Hall–Kier alpha value is -2.34. The molecule has 2 heterocycles. The number of rotatable bonds is 5. The molecule has 1 saturated heterocycles. The second-order valence-corrected chi connectivity index (χ2v) is 6.75. The van der Waals surface area contributed by atoms with Gasteiger partial charge in [-0.05, 0) is 43.9 Å². The molecule has 1 unspecified atom stereocenters. The number of methoxy groups -OCH3 is 1. The summed E-state index contributed by atoms with van der Waals surface area (Å²) >= 11 is 6.07. The molecule has 138 valence electrons. The van der Waals surface area contributed by atoms with Gasteiger partial charge in [0.25, 0.3) is 5.91 Å². The minimum atomic E-state index is -0.0416. The number of hydrogen-bond acceptors (Lipinski definition) is 5. The second kappa shape index (κ2) is 8.36. The molecule has 0 bridgehead atoms. The van der Waals surface area contributed by atoms with Crippen LogP contribution in [-0.2, 0) is 0 Å². The van der Waals surface area contributed by atoms with Crippen molar-refractivity contribution in [1.29, 1.82) is 0 Å². The number of aromatic nitrogens is 2. The van der Waals surface area contributed by atoms with Gasteiger partial charge in [0.1, 0.15) is 23.6 Å². The van der Waals surface area contributed by atoms with Gasteiger partial charge in [-0.3, -0.25) is 4.79 Å². The zero-order chi connectivity index (χ0) is 18.5. The van der Waals surface area contributed by atoms with Crippen LogP contribution in [0.1, 0.15) is 43.1 Å². The van der Waals surface area contributed by atoms with Crippen LogP contribution in [0.4, 0.5) is 11.5 Å². The van der Waals surface area contributed by atoms with Gasteiger partial charge in [-0.1, -0.05) is 18.5 Å². The summed E-state index contributed by atoms with van der Waals surface area (Å²) in [6, 6.07) is 7.24. The summed E-state index contributed by atoms with van der Waals surface area (Å²) in [5.41, 5.74) is 1.07. The number of hydrogen-bond donors (Lipinski definition) is 1. The van der Waals surface area contributed by atoms with Crippen LogP contribution in [0.25, 0.3) is 0 Å². The summed E-state index contributed by atoms with van der Waals surface area (Å²) < 4.78 is 5.33. The number of piperidine rings is 1. The van der Waals surface area contributed by atoms with Crippen LogP contribution in [0.15, 0.2) is 30.6 Å². The first-order valence-corrected chi connectivity index (χ1v) is 9.23. The molecular formula is C19H23ClN4O2. The summed E-state index contributed by atoms with van der Waals surface area (Å²) in [5, 5.41) is 3.74. The third-order valence-electron chi connectivity index (χ3n) is 4.67. The standard InChI is InChI=1S/C19H23ClN4O2/c1-3-14-6-4-5-9-24(14)19(25)16-11-18(22-12-21-16)23-15-10-13(20)7-8-17(15)26-2/h7-8,10-12,14H,3-6,9H2,1-2H3,(H,21,22,23). The van der Waals surface area contributed by atoms with Crippen LogP contribution < -0.4 is 10.1 Å². The number of carbonyl (C=O) groups is 1. The van der Waals surface area contributed by atoms with Gasteiger partial charge in [0.05, 0.1) is 12.8 Å². The average molecular weight is 375 g/mol. The van der Waals surface area contributed by atoms with E-state index in [-0.39, 0.29) is 11.9 Å². The smallest absolute Gasteiger partial charge is 0.272 e. The Morgan fingerprint density at radius 3 is 2.96 bits per heavy atom. The van der Waals surface area contributed by atoms with Gasteiger partial charge in [-0.15, -0.1) is 0 Å². The predicted molar refractivity (Wildman–Crippen MR) is 102 cm³/mol. The van der Waals surface area contributed by atoms with Gasteiger partial charge in [-0.25, -0.2) is 9.97 Å². The van der Waals surface area contributed by atoms with E-state index in [0.717, 1.165) is 25.8 Å². The highest BCUT2D eigenvalue weighted by Gasteiger charge is 2.27. The van der Waals surface area contributed by atoms with Gasteiger partial charge in [-0.2, -0.15) is 0 Å². The number of benzene rings is 1. The van der Waals surface area contributed by atoms with Crippen molar-refractivity contribution in [3.63, 3.8) is 0 Å². The molecule has 7 heteroatoms. The van der Waals surface area contributed by atoms with E-state index in [1.807, 2.05) is 4.90 Å². The van der Waals surface area contributed by atoms with E-state index in [4.69, 9.17) is 16.3 Å². The van der Waals surface area contributed by atoms with Gasteiger partial charge in [0.2, 0.25) is 0 Å². The van der Waals surface area contributed by atoms with Gasteiger partial charge in [0, 0.05) is 23.7 Å². The van der Waals surface area contributed by atoms with Crippen molar-refractivity contribution in [2.24, 2.45) is 0 Å². The van der Waals surface area contributed by atoms with Crippen LogP contribution in [0.3, 0.4) is 0 Å². The first-order chi connectivity index (χ1) is 12.6. The highest BCUT2D eigenvalue weighted by molar-refractivity contribution is 6.31. The molecule has 6 nitrogen and oxygen atoms in total. The molecule has 1 fully saturated rings. The molecule has 1 N–H and O–H groups in total. The van der Waals surface area contributed by atoms with E-state index >= 15 is 0 Å². The number of likely N-dealkylation sites (tertiary alicyclic amines) is 1. The number of ether oxygens (including phenoxy) is 1. The Bertz CT molecular complexity index is 784. The van der Waals surface area contributed by atoms with Crippen molar-refractivity contribution < 1.29 is 9.53 Å².